The zero-order valence-electron chi connectivity index (χ0n) is 39.7. The maximum Gasteiger partial charge on any atom is 0.373 e. The minimum atomic E-state index is -1.15. The molecule has 2 N–H and O–H groups in total. The summed E-state index contributed by atoms with van der Waals surface area (Å²) < 4.78 is 53.9. The second-order valence-electron chi connectivity index (χ2n) is 19.2. The van der Waals surface area contributed by atoms with Crippen LogP contribution in [0.2, 0.25) is 20.1 Å². The van der Waals surface area contributed by atoms with E-state index in [1.165, 1.54) is 34.8 Å². The highest BCUT2D eigenvalue weighted by Crippen LogP contribution is 2.49. The molecule has 4 aliphatic carbocycles. The van der Waals surface area contributed by atoms with Gasteiger partial charge in [-0.25, -0.2) is 23.6 Å². The molecule has 75 heavy (non-hydrogen) atoms. The molecule has 21 heteroatoms. The molecule has 13 nitrogen and oxygen atoms in total. The van der Waals surface area contributed by atoms with Crippen molar-refractivity contribution >= 4 is 101 Å². The average molecular weight is 1140 g/mol. The van der Waals surface area contributed by atoms with E-state index >= 15 is 0 Å². The van der Waals surface area contributed by atoms with Gasteiger partial charge in [-0.3, -0.25) is 0 Å². The first-order chi connectivity index (χ1) is 36.2. The zero-order valence-corrected chi connectivity index (χ0v) is 44.4. The Bertz CT molecular complexity index is 3440. The van der Waals surface area contributed by atoms with Crippen LogP contribution in [0.3, 0.4) is 0 Å². The monoisotopic (exact) mass is 1130 g/mol. The maximum absolute atomic E-state index is 14.4. The number of carbonyl (C=O) groups excluding carboxylic acids is 2. The number of hydrogen-bond donors (Lipinski definition) is 2. The highest BCUT2D eigenvalue weighted by Gasteiger charge is 2.41. The van der Waals surface area contributed by atoms with Gasteiger partial charge in [0.05, 0.1) is 56.8 Å². The molecule has 4 fully saturated rings. The zero-order chi connectivity index (χ0) is 52.6. The van der Waals surface area contributed by atoms with E-state index in [0.717, 1.165) is 53.0 Å². The van der Waals surface area contributed by atoms with E-state index in [4.69, 9.17) is 81.1 Å². The third-order valence-corrected chi connectivity index (χ3v) is 17.8. The molecule has 0 atom stereocenters. The third-order valence-electron chi connectivity index (χ3n) is 14.1. The van der Waals surface area contributed by atoms with Crippen LogP contribution in [0.4, 0.5) is 14.5 Å². The molecule has 4 heterocycles. The van der Waals surface area contributed by atoms with Gasteiger partial charge in [0, 0.05) is 38.8 Å². The van der Waals surface area contributed by atoms with Crippen LogP contribution in [0.15, 0.2) is 75.8 Å². The van der Waals surface area contributed by atoms with Crippen LogP contribution >= 0.6 is 69.1 Å². The normalized spacial score (nSPS) is 21.5. The van der Waals surface area contributed by atoms with Crippen LogP contribution in [-0.4, -0.2) is 48.9 Å². The summed E-state index contributed by atoms with van der Waals surface area (Å²) >= 11 is 28.4. The van der Waals surface area contributed by atoms with Crippen molar-refractivity contribution in [1.29, 1.82) is 0 Å². The van der Waals surface area contributed by atoms with E-state index < -0.39 is 17.0 Å². The van der Waals surface area contributed by atoms with Crippen LogP contribution in [0.25, 0.3) is 47.8 Å². The van der Waals surface area contributed by atoms with Gasteiger partial charge in [0.1, 0.15) is 66.8 Å². The summed E-state index contributed by atoms with van der Waals surface area (Å²) in [5.74, 6) is 1.46. The van der Waals surface area contributed by atoms with Crippen molar-refractivity contribution in [2.24, 2.45) is 0 Å². The highest BCUT2D eigenvalue weighted by atomic mass is 35.5. The molecular formula is C54H45Cl4F2N5O8S2. The molecule has 4 aromatic carbocycles. The second-order valence-corrected chi connectivity index (χ2v) is 22.9. The Hall–Kier alpha value is -5.19. The van der Waals surface area contributed by atoms with Gasteiger partial charge in [-0.05, 0) is 126 Å². The van der Waals surface area contributed by atoms with Crippen LogP contribution in [0.1, 0.15) is 122 Å². The Balaban J connectivity index is 0.000000163. The fraction of sp³-hybridized carbons (Fsp3) is 0.370. The number of ether oxygens (including phenoxy) is 2. The largest absolute Gasteiger partial charge is 0.383 e. The standard InChI is InChI=1S/C27H22Cl2FN3O3S.C26H23Cl2FN2O3S.CO2/c1-31-15-11-20(30)24-21(12-15)37-26(32-24)27(34)9-7-16(8-10-27)35-13-17-23(33-36-25(17)14-5-6-14)22-18(28)3-2-4-19(22)29;27-17-3-1-4-18(28)21(17)22-16(24(34-31-22)14-7-8-14)13-33-15-9-11-26(32,12-10-15)25-30-23-19(29)5-2-6-20(23)35-25;2-1-3/h2-4,11-12,14,16,34H,5-10,13H2;1-6,14-15,32H,7-13H2;. The molecule has 0 unspecified atom stereocenters. The lowest BCUT2D eigenvalue weighted by Gasteiger charge is -2.34. The summed E-state index contributed by atoms with van der Waals surface area (Å²) in [6.07, 6.45) is 8.84. The Kier molecular flexibility index (Phi) is 15.9. The minimum absolute atomic E-state index is 0.0297. The maximum atomic E-state index is 14.4. The number of fused-ring (bicyclic) bond motifs is 2. The fourth-order valence-electron chi connectivity index (χ4n) is 9.75. The molecular weight excluding hydrogens is 1090 g/mol. The molecule has 4 aromatic heterocycles. The number of rotatable bonds is 12. The second kappa shape index (κ2) is 22.4. The summed E-state index contributed by atoms with van der Waals surface area (Å²) in [7, 11) is 0. The van der Waals surface area contributed by atoms with Gasteiger partial charge in [-0.15, -0.1) is 22.7 Å². The van der Waals surface area contributed by atoms with Crippen LogP contribution < -0.4 is 0 Å². The van der Waals surface area contributed by atoms with E-state index in [-0.39, 0.29) is 35.4 Å². The molecule has 388 valence electrons. The molecule has 12 rings (SSSR count). The number of benzene rings is 4. The smallest absolute Gasteiger partial charge is 0.373 e. The molecule has 4 saturated carbocycles. The minimum Gasteiger partial charge on any atom is -0.383 e. The molecule has 8 aromatic rings. The van der Waals surface area contributed by atoms with Gasteiger partial charge in [-0.2, -0.15) is 9.59 Å². The lowest BCUT2D eigenvalue weighted by molar-refractivity contribution is -0.191. The van der Waals surface area contributed by atoms with Crippen LogP contribution in [0.5, 0.6) is 0 Å². The Morgan fingerprint density at radius 1 is 0.640 bits per heavy atom. The first kappa shape index (κ1) is 53.2. The van der Waals surface area contributed by atoms with Crippen molar-refractivity contribution in [2.45, 2.75) is 126 Å². The van der Waals surface area contributed by atoms with Gasteiger partial charge in [0.25, 0.3) is 0 Å². The molecule has 0 amide bonds. The summed E-state index contributed by atoms with van der Waals surface area (Å²) in [5.41, 5.74) is 2.83. The Labute approximate surface area is 456 Å². The lowest BCUT2D eigenvalue weighted by Crippen LogP contribution is -2.34. The van der Waals surface area contributed by atoms with E-state index in [1.54, 1.807) is 48.5 Å². The number of aromatic nitrogens is 4. The van der Waals surface area contributed by atoms with Gasteiger partial charge < -0.3 is 28.7 Å². The van der Waals surface area contributed by atoms with Crippen molar-refractivity contribution in [2.75, 3.05) is 0 Å². The van der Waals surface area contributed by atoms with Gasteiger partial charge >= 0.3 is 6.15 Å². The van der Waals surface area contributed by atoms with E-state index in [9.17, 15) is 19.0 Å². The molecule has 0 aliphatic heterocycles. The first-order valence-corrected chi connectivity index (χ1v) is 27.4. The fourth-order valence-corrected chi connectivity index (χ4v) is 13.2. The molecule has 4 aliphatic rings. The number of nitrogens with zero attached hydrogens (tertiary/aromatic N) is 5. The van der Waals surface area contributed by atoms with Crippen molar-refractivity contribution in [3.05, 3.63) is 143 Å². The van der Waals surface area contributed by atoms with E-state index in [1.807, 2.05) is 6.07 Å². The van der Waals surface area contributed by atoms with Crippen molar-refractivity contribution in [1.82, 2.24) is 20.3 Å². The number of halogens is 6. The molecule has 0 radical (unpaired) electrons. The summed E-state index contributed by atoms with van der Waals surface area (Å²) in [5, 5.41) is 34.4. The summed E-state index contributed by atoms with van der Waals surface area (Å²) in [4.78, 5) is 28.4. The van der Waals surface area contributed by atoms with Gasteiger partial charge in [-0.1, -0.05) is 74.9 Å². The predicted octanol–water partition coefficient (Wildman–Crippen LogP) is 15.2. The number of thiazole rings is 2. The average Bonchev–Trinajstić information content (AvgIpc) is 4.23. The van der Waals surface area contributed by atoms with Crippen molar-refractivity contribution < 1.29 is 47.1 Å². The predicted molar refractivity (Wildman–Crippen MR) is 280 cm³/mol. The third kappa shape index (κ3) is 11.3. The van der Waals surface area contributed by atoms with Gasteiger partial charge in [0.15, 0.2) is 5.69 Å². The summed E-state index contributed by atoms with van der Waals surface area (Å²) in [6.45, 7) is 7.79. The molecule has 0 saturated heterocycles. The first-order valence-electron chi connectivity index (χ1n) is 24.3. The van der Waals surface area contributed by atoms with E-state index in [0.29, 0.717) is 139 Å². The highest BCUT2D eigenvalue weighted by molar-refractivity contribution is 7.19. The number of para-hydroxylation sites is 1. The quantitative estimate of drug-likeness (QED) is 0.111. The van der Waals surface area contributed by atoms with Gasteiger partial charge in [0.2, 0.25) is 0 Å². The molecule has 0 spiro atoms. The SMILES string of the molecule is O=C=O.OC1(c2nc3c(F)cccc3s2)CCC(OCc2c(-c3c(Cl)cccc3Cl)noc2C2CC2)CC1.[C-]#[N+]c1cc(F)c2nc(C3(O)CCC(OCc4c(-c5c(Cl)cccc5Cl)noc4C4CC4)CC3)sc2c1. The van der Waals surface area contributed by atoms with Crippen molar-refractivity contribution in [3.63, 3.8) is 0 Å². The topological polar surface area (TPSA) is 175 Å². The Morgan fingerprint density at radius 3 is 1.47 bits per heavy atom. The van der Waals surface area contributed by atoms with Crippen LogP contribution in [-0.2, 0) is 43.5 Å². The number of aliphatic hydroxyl groups is 2. The summed E-state index contributed by atoms with van der Waals surface area (Å²) in [6, 6.07) is 18.4. The number of hydrogen-bond acceptors (Lipinski definition) is 14. The van der Waals surface area contributed by atoms with Crippen molar-refractivity contribution in [3.8, 4) is 22.5 Å². The molecule has 0 bridgehead atoms. The van der Waals surface area contributed by atoms with Crippen LogP contribution in [0, 0.1) is 18.2 Å². The Morgan fingerprint density at radius 2 is 1.05 bits per heavy atom. The van der Waals surface area contributed by atoms with E-state index in [2.05, 4.69) is 25.1 Å². The lowest BCUT2D eigenvalue weighted by atomic mass is 9.83.